The molecule has 0 aromatic heterocycles. The molecular weight excluding hydrogens is 412 g/mol. The summed E-state index contributed by atoms with van der Waals surface area (Å²) in [5.41, 5.74) is 2.48. The summed E-state index contributed by atoms with van der Waals surface area (Å²) in [6, 6.07) is 8.97. The van der Waals surface area contributed by atoms with E-state index in [-0.39, 0.29) is 11.9 Å². The lowest BCUT2D eigenvalue weighted by molar-refractivity contribution is 0.0600. The predicted molar refractivity (Wildman–Crippen MR) is 120 cm³/mol. The number of piperidine rings is 1. The summed E-state index contributed by atoms with van der Waals surface area (Å²) in [5, 5.41) is 0. The Kier molecular flexibility index (Phi) is 6.39. The van der Waals surface area contributed by atoms with E-state index in [9.17, 15) is 9.59 Å². The zero-order valence-corrected chi connectivity index (χ0v) is 18.7. The number of nitrogens with zero attached hydrogens (tertiary/aromatic N) is 2. The van der Waals surface area contributed by atoms with Gasteiger partial charge in [0.15, 0.2) is 11.5 Å². The molecule has 170 valence electrons. The molecule has 0 atom stereocenters. The average molecular weight is 440 g/mol. The highest BCUT2D eigenvalue weighted by Crippen LogP contribution is 2.49. The van der Waals surface area contributed by atoms with Crippen LogP contribution in [0, 0.1) is 0 Å². The van der Waals surface area contributed by atoms with Gasteiger partial charge in [-0.15, -0.1) is 0 Å². The third-order valence-electron chi connectivity index (χ3n) is 5.91. The number of benzene rings is 2. The zero-order chi connectivity index (χ0) is 22.7. The Bertz CT molecular complexity index is 999. The van der Waals surface area contributed by atoms with Crippen molar-refractivity contribution >= 4 is 23.3 Å². The monoisotopic (exact) mass is 440 g/mol. The first-order valence-corrected chi connectivity index (χ1v) is 10.8. The number of esters is 1. The number of hydrogen-bond acceptors (Lipinski definition) is 7. The number of carbonyl (C=O) groups excluding carboxylic acids is 2. The van der Waals surface area contributed by atoms with Crippen LogP contribution in [0.2, 0.25) is 0 Å². The molecule has 2 aliphatic rings. The van der Waals surface area contributed by atoms with Crippen molar-refractivity contribution in [3.05, 3.63) is 41.5 Å². The Morgan fingerprint density at radius 3 is 2.28 bits per heavy atom. The van der Waals surface area contributed by atoms with Crippen LogP contribution < -0.4 is 19.1 Å². The normalized spacial score (nSPS) is 15.5. The van der Waals surface area contributed by atoms with Crippen molar-refractivity contribution in [3.63, 3.8) is 0 Å². The van der Waals surface area contributed by atoms with Crippen LogP contribution in [0.25, 0.3) is 0 Å². The van der Waals surface area contributed by atoms with Crippen LogP contribution >= 0.6 is 0 Å². The number of ether oxygens (including phenoxy) is 4. The van der Waals surface area contributed by atoms with Crippen molar-refractivity contribution < 1.29 is 28.5 Å². The molecule has 0 unspecified atom stereocenters. The van der Waals surface area contributed by atoms with Crippen LogP contribution in [-0.4, -0.2) is 64.3 Å². The van der Waals surface area contributed by atoms with Crippen molar-refractivity contribution in [1.29, 1.82) is 0 Å². The minimum atomic E-state index is -0.386. The van der Waals surface area contributed by atoms with Crippen LogP contribution in [0.5, 0.6) is 17.2 Å². The number of methoxy groups -OCH3 is 3. The van der Waals surface area contributed by atoms with E-state index in [0.717, 1.165) is 43.7 Å². The fraction of sp³-hybridized carbons (Fsp3) is 0.417. The Labute approximate surface area is 187 Å². The molecule has 1 fully saturated rings. The van der Waals surface area contributed by atoms with E-state index in [2.05, 4.69) is 4.90 Å². The molecule has 2 aliphatic heterocycles. The summed E-state index contributed by atoms with van der Waals surface area (Å²) in [4.78, 5) is 29.1. The molecule has 2 aromatic rings. The van der Waals surface area contributed by atoms with Crippen molar-refractivity contribution in [2.75, 3.05) is 52.5 Å². The highest BCUT2D eigenvalue weighted by molar-refractivity contribution is 6.02. The lowest BCUT2D eigenvalue weighted by Gasteiger charge is -2.34. The first kappa shape index (κ1) is 21.8. The maximum absolute atomic E-state index is 13.4. The van der Waals surface area contributed by atoms with Crippen LogP contribution in [0.3, 0.4) is 0 Å². The molecule has 32 heavy (non-hydrogen) atoms. The molecule has 0 aliphatic carbocycles. The molecule has 0 bridgehead atoms. The smallest absolute Gasteiger partial charge is 0.337 e. The molecule has 2 heterocycles. The van der Waals surface area contributed by atoms with Gasteiger partial charge in [-0.05, 0) is 43.5 Å². The van der Waals surface area contributed by atoms with Crippen LogP contribution in [0.1, 0.15) is 40.0 Å². The summed E-state index contributed by atoms with van der Waals surface area (Å²) < 4.78 is 22.1. The Morgan fingerprint density at radius 1 is 0.938 bits per heavy atom. The van der Waals surface area contributed by atoms with Crippen LogP contribution in [0.4, 0.5) is 11.4 Å². The third kappa shape index (κ3) is 3.92. The van der Waals surface area contributed by atoms with E-state index in [0.29, 0.717) is 41.5 Å². The summed E-state index contributed by atoms with van der Waals surface area (Å²) in [6.45, 7) is 2.46. The van der Waals surface area contributed by atoms with E-state index in [1.165, 1.54) is 14.2 Å². The van der Waals surface area contributed by atoms with E-state index < -0.39 is 0 Å². The molecule has 0 saturated carbocycles. The average Bonchev–Trinajstić information content (AvgIpc) is 2.86. The van der Waals surface area contributed by atoms with Crippen LogP contribution in [-0.2, 0) is 4.74 Å². The first-order valence-electron chi connectivity index (χ1n) is 10.8. The highest BCUT2D eigenvalue weighted by Gasteiger charge is 2.33. The first-order chi connectivity index (χ1) is 15.6. The van der Waals surface area contributed by atoms with Gasteiger partial charge in [-0.25, -0.2) is 4.79 Å². The van der Waals surface area contributed by atoms with Crippen LogP contribution in [0.15, 0.2) is 30.3 Å². The van der Waals surface area contributed by atoms with Crippen molar-refractivity contribution in [1.82, 2.24) is 4.90 Å². The summed E-state index contributed by atoms with van der Waals surface area (Å²) in [6.07, 6.45) is 3.12. The topological polar surface area (TPSA) is 77.5 Å². The number of fused-ring (bicyclic) bond motifs is 1. The molecule has 4 rings (SSSR count). The molecule has 0 radical (unpaired) electrons. The summed E-state index contributed by atoms with van der Waals surface area (Å²) >= 11 is 0. The van der Waals surface area contributed by atoms with Gasteiger partial charge in [0.2, 0.25) is 0 Å². The van der Waals surface area contributed by atoms with Gasteiger partial charge >= 0.3 is 5.97 Å². The molecule has 0 spiro atoms. The van der Waals surface area contributed by atoms with E-state index in [1.807, 2.05) is 23.1 Å². The number of amides is 1. The quantitative estimate of drug-likeness (QED) is 0.657. The van der Waals surface area contributed by atoms with Gasteiger partial charge in [-0.2, -0.15) is 0 Å². The predicted octanol–water partition coefficient (Wildman–Crippen LogP) is 3.65. The molecule has 8 nitrogen and oxygen atoms in total. The molecule has 1 amide bonds. The highest BCUT2D eigenvalue weighted by atomic mass is 16.5. The molecule has 8 heteroatoms. The van der Waals surface area contributed by atoms with Gasteiger partial charge in [0.1, 0.15) is 17.9 Å². The van der Waals surface area contributed by atoms with E-state index in [4.69, 9.17) is 18.9 Å². The summed E-state index contributed by atoms with van der Waals surface area (Å²) in [5.74, 6) is 0.841. The number of likely N-dealkylation sites (tertiary alicyclic amines) is 1. The lowest BCUT2D eigenvalue weighted by atomic mass is 10.0. The second kappa shape index (κ2) is 9.38. The minimum absolute atomic E-state index is 0.107. The number of rotatable bonds is 5. The molecular formula is C24H28N2O6. The van der Waals surface area contributed by atoms with Gasteiger partial charge in [-0.1, -0.05) is 0 Å². The van der Waals surface area contributed by atoms with E-state index >= 15 is 0 Å². The fourth-order valence-electron chi connectivity index (χ4n) is 4.28. The van der Waals surface area contributed by atoms with Crippen molar-refractivity contribution in [2.24, 2.45) is 0 Å². The van der Waals surface area contributed by atoms with Gasteiger partial charge in [0.25, 0.3) is 5.91 Å². The Hall–Kier alpha value is -3.42. The van der Waals surface area contributed by atoms with Gasteiger partial charge in [0, 0.05) is 24.8 Å². The molecule has 0 N–H and O–H groups in total. The number of carbonyl (C=O) groups is 2. The van der Waals surface area contributed by atoms with Crippen molar-refractivity contribution in [3.8, 4) is 17.2 Å². The third-order valence-corrected chi connectivity index (χ3v) is 5.91. The molecule has 1 saturated heterocycles. The van der Waals surface area contributed by atoms with Gasteiger partial charge < -0.3 is 28.7 Å². The van der Waals surface area contributed by atoms with Gasteiger partial charge in [0.05, 0.1) is 39.1 Å². The zero-order valence-electron chi connectivity index (χ0n) is 18.7. The second-order valence-corrected chi connectivity index (χ2v) is 7.73. The largest absolute Gasteiger partial charge is 0.496 e. The Morgan fingerprint density at radius 2 is 1.66 bits per heavy atom. The summed E-state index contributed by atoms with van der Waals surface area (Å²) in [7, 11) is 4.44. The van der Waals surface area contributed by atoms with Gasteiger partial charge in [-0.3, -0.25) is 4.79 Å². The maximum atomic E-state index is 13.4. The maximum Gasteiger partial charge on any atom is 0.337 e. The second-order valence-electron chi connectivity index (χ2n) is 7.73. The SMILES string of the molecule is COC(=O)c1ccc(N2CCOc3c2cc(OC)c(C(=O)N2CCCCC2)c3OC)cc1. The number of anilines is 2. The fourth-order valence-corrected chi connectivity index (χ4v) is 4.28. The molecule has 2 aromatic carbocycles. The van der Waals surface area contributed by atoms with Crippen molar-refractivity contribution in [2.45, 2.75) is 19.3 Å². The van der Waals surface area contributed by atoms with E-state index in [1.54, 1.807) is 19.2 Å². The minimum Gasteiger partial charge on any atom is -0.496 e. The lowest BCUT2D eigenvalue weighted by Crippen LogP contribution is -2.36. The number of hydrogen-bond donors (Lipinski definition) is 0. The Balaban J connectivity index is 1.76. The standard InChI is InChI=1S/C24H28N2O6/c1-29-19-15-18-21(22(30-2)20(19)23(27)25-11-5-4-6-12-25)32-14-13-26(18)17-9-7-16(8-10-17)24(28)31-3/h7-10,15H,4-6,11-14H2,1-3H3.